The minimum atomic E-state index is -3.68. The van der Waals surface area contributed by atoms with Crippen LogP contribution >= 0.6 is 0 Å². The molecule has 2 aromatic rings. The van der Waals surface area contributed by atoms with E-state index in [1.165, 1.54) is 30.5 Å². The largest absolute Gasteiger partial charge is 0.468 e. The van der Waals surface area contributed by atoms with Crippen molar-refractivity contribution in [3.05, 3.63) is 48.4 Å². The zero-order chi connectivity index (χ0) is 17.6. The molecule has 9 nitrogen and oxygen atoms in total. The number of benzene rings is 1. The summed E-state index contributed by atoms with van der Waals surface area (Å²) in [5.74, 6) is 0.0331. The molecule has 0 saturated carbocycles. The molecule has 1 aromatic heterocycles. The zero-order valence-electron chi connectivity index (χ0n) is 12.4. The van der Waals surface area contributed by atoms with E-state index in [-0.39, 0.29) is 17.2 Å². The molecular weight excluding hydrogens is 332 g/mol. The van der Waals surface area contributed by atoms with Gasteiger partial charge in [-0.15, -0.1) is 0 Å². The Morgan fingerprint density at radius 1 is 1.33 bits per heavy atom. The normalized spacial score (nSPS) is 11.7. The molecule has 0 aliphatic rings. The minimum Gasteiger partial charge on any atom is -0.468 e. The molecule has 1 aromatic carbocycles. The fourth-order valence-corrected chi connectivity index (χ4v) is 2.63. The third kappa shape index (κ3) is 4.42. The van der Waals surface area contributed by atoms with E-state index < -0.39 is 15.9 Å². The molecule has 10 heteroatoms. The van der Waals surface area contributed by atoms with Crippen molar-refractivity contribution in [3.8, 4) is 6.07 Å². The highest BCUT2D eigenvalue weighted by molar-refractivity contribution is 7.89. The van der Waals surface area contributed by atoms with E-state index in [0.717, 1.165) is 0 Å². The van der Waals surface area contributed by atoms with Gasteiger partial charge in [-0.05, 0) is 36.4 Å². The molecule has 0 bridgehead atoms. The topological polar surface area (TPSA) is 157 Å². The lowest BCUT2D eigenvalue weighted by Crippen LogP contribution is -2.23. The van der Waals surface area contributed by atoms with Crippen molar-refractivity contribution in [2.45, 2.75) is 11.4 Å². The van der Waals surface area contributed by atoms with Crippen LogP contribution in [0.4, 0.5) is 5.69 Å². The van der Waals surface area contributed by atoms with Crippen molar-refractivity contribution in [1.29, 1.82) is 10.7 Å². The van der Waals surface area contributed by atoms with E-state index in [1.54, 1.807) is 18.2 Å². The van der Waals surface area contributed by atoms with Crippen LogP contribution in [0.1, 0.15) is 5.76 Å². The van der Waals surface area contributed by atoms with Crippen LogP contribution in [0.3, 0.4) is 0 Å². The van der Waals surface area contributed by atoms with Gasteiger partial charge in [-0.3, -0.25) is 10.8 Å². The highest BCUT2D eigenvalue weighted by Gasteiger charge is 2.14. The summed E-state index contributed by atoms with van der Waals surface area (Å²) in [6, 6.07) is 10.7. The second-order valence-electron chi connectivity index (χ2n) is 4.53. The molecule has 1 heterocycles. The molecule has 0 atom stereocenters. The Bertz CT molecular complexity index is 880. The third-order valence-corrected chi connectivity index (χ3v) is 4.26. The first-order valence-electron chi connectivity index (χ1n) is 6.62. The van der Waals surface area contributed by atoms with E-state index in [2.05, 4.69) is 15.2 Å². The lowest BCUT2D eigenvalue weighted by Gasteiger charge is -2.06. The predicted molar refractivity (Wildman–Crippen MR) is 87.8 cm³/mol. The first kappa shape index (κ1) is 17.2. The first-order chi connectivity index (χ1) is 11.4. The smallest absolute Gasteiger partial charge is 0.240 e. The monoisotopic (exact) mass is 346 g/mol. The molecule has 24 heavy (non-hydrogen) atoms. The SMILES string of the molecule is N#C/C(=N\Nc1ccc(S(=O)(=O)NCc2ccco2)cc1)C(=N)N. The van der Waals surface area contributed by atoms with Gasteiger partial charge in [-0.1, -0.05) is 0 Å². The summed E-state index contributed by atoms with van der Waals surface area (Å²) in [5.41, 5.74) is 7.85. The number of nitrogens with one attached hydrogen (secondary N) is 3. The average molecular weight is 346 g/mol. The van der Waals surface area contributed by atoms with E-state index in [1.807, 2.05) is 0 Å². The summed E-state index contributed by atoms with van der Waals surface area (Å²) in [6.45, 7) is 0.0454. The van der Waals surface area contributed by atoms with Crippen molar-refractivity contribution in [2.75, 3.05) is 5.43 Å². The average Bonchev–Trinajstić information content (AvgIpc) is 3.07. The molecule has 0 radical (unpaired) electrons. The number of hydrazone groups is 1. The number of furan rings is 1. The Morgan fingerprint density at radius 3 is 2.58 bits per heavy atom. The number of sulfonamides is 1. The third-order valence-electron chi connectivity index (χ3n) is 2.84. The van der Waals surface area contributed by atoms with Crippen LogP contribution in [0.25, 0.3) is 0 Å². The maximum absolute atomic E-state index is 12.2. The van der Waals surface area contributed by atoms with Crippen LogP contribution < -0.4 is 15.9 Å². The lowest BCUT2D eigenvalue weighted by molar-refractivity contribution is 0.498. The Morgan fingerprint density at radius 2 is 2.04 bits per heavy atom. The van der Waals surface area contributed by atoms with Gasteiger partial charge in [0.1, 0.15) is 11.8 Å². The highest BCUT2D eigenvalue weighted by Crippen LogP contribution is 2.14. The van der Waals surface area contributed by atoms with E-state index in [9.17, 15) is 8.42 Å². The number of nitriles is 1. The fourth-order valence-electron chi connectivity index (χ4n) is 1.64. The molecule has 124 valence electrons. The molecule has 0 unspecified atom stereocenters. The number of hydrogen-bond donors (Lipinski definition) is 4. The molecule has 5 N–H and O–H groups in total. The Kier molecular flexibility index (Phi) is 5.31. The fraction of sp³-hybridized carbons (Fsp3) is 0.0714. The summed E-state index contributed by atoms with van der Waals surface area (Å²) in [5, 5.41) is 19.5. The Labute approximate surface area is 138 Å². The molecule has 0 aliphatic carbocycles. The standard InChI is InChI=1S/C14H14N6O3S/c15-8-13(14(16)17)20-19-10-3-5-12(6-4-10)24(21,22)18-9-11-2-1-7-23-11/h1-7,18-19H,9H2,(H3,16,17)/b20-13+. The van der Waals surface area contributed by atoms with Gasteiger partial charge in [-0.2, -0.15) is 10.4 Å². The number of nitrogens with two attached hydrogens (primary N) is 1. The van der Waals surface area contributed by atoms with Crippen molar-refractivity contribution < 1.29 is 12.8 Å². The van der Waals surface area contributed by atoms with Crippen molar-refractivity contribution >= 4 is 27.3 Å². The van der Waals surface area contributed by atoms with Crippen LogP contribution in [-0.4, -0.2) is 20.0 Å². The van der Waals surface area contributed by atoms with Crippen LogP contribution in [-0.2, 0) is 16.6 Å². The Balaban J connectivity index is 2.05. The number of nitrogens with zero attached hydrogens (tertiary/aromatic N) is 2. The van der Waals surface area contributed by atoms with Crippen LogP contribution in [0.5, 0.6) is 0 Å². The quantitative estimate of drug-likeness (QED) is 0.332. The van der Waals surface area contributed by atoms with Crippen molar-refractivity contribution in [1.82, 2.24) is 4.72 Å². The lowest BCUT2D eigenvalue weighted by atomic mass is 10.3. The number of anilines is 1. The van der Waals surface area contributed by atoms with E-state index in [0.29, 0.717) is 11.4 Å². The molecule has 2 rings (SSSR count). The Hall–Kier alpha value is -3.16. The number of rotatable bonds is 7. The second kappa shape index (κ2) is 7.40. The van der Waals surface area contributed by atoms with Crippen LogP contribution in [0, 0.1) is 16.7 Å². The maximum atomic E-state index is 12.2. The van der Waals surface area contributed by atoms with Gasteiger partial charge in [0.15, 0.2) is 5.84 Å². The minimum absolute atomic E-state index is 0.0454. The predicted octanol–water partition coefficient (Wildman–Crippen LogP) is 0.986. The molecule has 0 amide bonds. The summed E-state index contributed by atoms with van der Waals surface area (Å²) in [6.07, 6.45) is 1.46. The maximum Gasteiger partial charge on any atom is 0.240 e. The van der Waals surface area contributed by atoms with Crippen molar-refractivity contribution in [2.24, 2.45) is 10.8 Å². The number of amidine groups is 1. The zero-order valence-corrected chi connectivity index (χ0v) is 13.2. The van der Waals surface area contributed by atoms with Crippen LogP contribution in [0.2, 0.25) is 0 Å². The van der Waals surface area contributed by atoms with Crippen molar-refractivity contribution in [3.63, 3.8) is 0 Å². The summed E-state index contributed by atoms with van der Waals surface area (Å²) in [4.78, 5) is 0.0654. The molecule has 0 fully saturated rings. The van der Waals surface area contributed by atoms with Gasteiger partial charge >= 0.3 is 0 Å². The molecule has 0 saturated heterocycles. The highest BCUT2D eigenvalue weighted by atomic mass is 32.2. The summed E-state index contributed by atoms with van der Waals surface area (Å²) < 4.78 is 31.8. The molecular formula is C14H14N6O3S. The van der Waals surface area contributed by atoms with Crippen LogP contribution in [0.15, 0.2) is 57.1 Å². The molecule has 0 aliphatic heterocycles. The summed E-state index contributed by atoms with van der Waals surface area (Å²) >= 11 is 0. The van der Waals surface area contributed by atoms with Gasteiger partial charge < -0.3 is 10.2 Å². The van der Waals surface area contributed by atoms with E-state index >= 15 is 0 Å². The second-order valence-corrected chi connectivity index (χ2v) is 6.29. The van der Waals surface area contributed by atoms with Gasteiger partial charge in [0.25, 0.3) is 0 Å². The van der Waals surface area contributed by atoms with Gasteiger partial charge in [-0.25, -0.2) is 13.1 Å². The number of hydrogen-bond acceptors (Lipinski definition) is 7. The van der Waals surface area contributed by atoms with Gasteiger partial charge in [0.05, 0.1) is 23.4 Å². The first-order valence-corrected chi connectivity index (χ1v) is 8.11. The molecule has 0 spiro atoms. The van der Waals surface area contributed by atoms with Gasteiger partial charge in [0.2, 0.25) is 15.7 Å². The van der Waals surface area contributed by atoms with Gasteiger partial charge in [0, 0.05) is 0 Å². The summed E-state index contributed by atoms with van der Waals surface area (Å²) in [7, 11) is -3.68. The van der Waals surface area contributed by atoms with E-state index in [4.69, 9.17) is 20.8 Å².